The molecular formula is C15H21NO2S. The molecule has 0 saturated carbocycles. The maximum atomic E-state index is 5.35. The molecule has 19 heavy (non-hydrogen) atoms. The molecule has 0 aliphatic carbocycles. The molecule has 0 aliphatic rings. The Balaban J connectivity index is 2.41. The zero-order valence-electron chi connectivity index (χ0n) is 11.9. The Morgan fingerprint density at radius 3 is 2.68 bits per heavy atom. The lowest BCUT2D eigenvalue weighted by molar-refractivity contribution is 0.185. The lowest BCUT2D eigenvalue weighted by Crippen LogP contribution is -2.21. The van der Waals surface area contributed by atoms with Crippen LogP contribution in [0.5, 0.6) is 5.75 Å². The summed E-state index contributed by atoms with van der Waals surface area (Å²) in [5.74, 6) is 0.894. The molecule has 0 aliphatic heterocycles. The second-order valence-electron chi connectivity index (χ2n) is 4.83. The molecular weight excluding hydrogens is 258 g/mol. The third kappa shape index (κ3) is 3.26. The Labute approximate surface area is 118 Å². The van der Waals surface area contributed by atoms with Crippen molar-refractivity contribution in [3.63, 3.8) is 0 Å². The van der Waals surface area contributed by atoms with Gasteiger partial charge in [-0.15, -0.1) is 11.3 Å². The summed E-state index contributed by atoms with van der Waals surface area (Å²) in [7, 11) is 3.44. The van der Waals surface area contributed by atoms with Gasteiger partial charge in [-0.2, -0.15) is 0 Å². The largest absolute Gasteiger partial charge is 0.497 e. The number of benzene rings is 1. The molecule has 0 bridgehead atoms. The smallest absolute Gasteiger partial charge is 0.119 e. The summed E-state index contributed by atoms with van der Waals surface area (Å²) < 4.78 is 12.0. The first-order chi connectivity index (χ1) is 9.15. The van der Waals surface area contributed by atoms with Gasteiger partial charge in [-0.05, 0) is 18.2 Å². The van der Waals surface area contributed by atoms with Crippen molar-refractivity contribution in [1.29, 1.82) is 0 Å². The van der Waals surface area contributed by atoms with E-state index in [0.717, 1.165) is 12.3 Å². The van der Waals surface area contributed by atoms with E-state index in [1.807, 2.05) is 17.4 Å². The fourth-order valence-electron chi connectivity index (χ4n) is 2.05. The lowest BCUT2D eigenvalue weighted by Gasteiger charge is -2.08. The summed E-state index contributed by atoms with van der Waals surface area (Å²) >= 11 is 1.83. The summed E-state index contributed by atoms with van der Waals surface area (Å²) in [6.45, 7) is 5.85. The van der Waals surface area contributed by atoms with Crippen LogP contribution in [-0.4, -0.2) is 20.3 Å². The molecule has 104 valence electrons. The Hall–Kier alpha value is -1.10. The summed E-state index contributed by atoms with van der Waals surface area (Å²) in [5, 5.41) is 4.72. The molecule has 0 saturated heterocycles. The maximum absolute atomic E-state index is 5.35. The SMILES string of the molecule is COCc1c(CNC(C)C)sc2ccc(OC)cc12. The van der Waals surface area contributed by atoms with Crippen molar-refractivity contribution in [1.82, 2.24) is 5.32 Å². The van der Waals surface area contributed by atoms with Gasteiger partial charge in [0, 0.05) is 40.2 Å². The van der Waals surface area contributed by atoms with E-state index in [2.05, 4.69) is 31.3 Å². The number of hydrogen-bond acceptors (Lipinski definition) is 4. The molecule has 2 rings (SSSR count). The number of hydrogen-bond donors (Lipinski definition) is 1. The minimum atomic E-state index is 0.482. The molecule has 1 aromatic heterocycles. The highest BCUT2D eigenvalue weighted by molar-refractivity contribution is 7.19. The average Bonchev–Trinajstić information content (AvgIpc) is 2.74. The van der Waals surface area contributed by atoms with Crippen LogP contribution in [0.25, 0.3) is 10.1 Å². The predicted octanol–water partition coefficient (Wildman–Crippen LogP) is 3.55. The van der Waals surface area contributed by atoms with E-state index in [4.69, 9.17) is 9.47 Å². The average molecular weight is 279 g/mol. The standard InChI is InChI=1S/C15H21NO2S/c1-10(2)16-8-15-13(9-17-3)12-7-11(18-4)5-6-14(12)19-15/h5-7,10,16H,8-9H2,1-4H3. The molecule has 0 radical (unpaired) electrons. The van der Waals surface area contributed by atoms with Crippen LogP contribution in [0.4, 0.5) is 0 Å². The van der Waals surface area contributed by atoms with E-state index in [0.29, 0.717) is 12.6 Å². The minimum Gasteiger partial charge on any atom is -0.497 e. The molecule has 1 heterocycles. The molecule has 2 aromatic rings. The Bertz CT molecular complexity index is 548. The highest BCUT2D eigenvalue weighted by Crippen LogP contribution is 2.34. The van der Waals surface area contributed by atoms with Crippen molar-refractivity contribution in [2.45, 2.75) is 33.0 Å². The van der Waals surface area contributed by atoms with E-state index in [1.165, 1.54) is 20.5 Å². The number of fused-ring (bicyclic) bond motifs is 1. The fraction of sp³-hybridized carbons (Fsp3) is 0.467. The molecule has 1 N–H and O–H groups in total. The molecule has 3 nitrogen and oxygen atoms in total. The summed E-state index contributed by atoms with van der Waals surface area (Å²) in [6, 6.07) is 6.71. The Morgan fingerprint density at radius 2 is 2.05 bits per heavy atom. The zero-order valence-corrected chi connectivity index (χ0v) is 12.8. The summed E-state index contributed by atoms with van der Waals surface area (Å²) in [5.41, 5.74) is 1.27. The third-order valence-electron chi connectivity index (χ3n) is 3.04. The van der Waals surface area contributed by atoms with Gasteiger partial charge < -0.3 is 14.8 Å². The monoisotopic (exact) mass is 279 g/mol. The molecule has 0 amide bonds. The Kier molecular flexibility index (Phi) is 4.80. The van der Waals surface area contributed by atoms with Gasteiger partial charge in [-0.1, -0.05) is 13.8 Å². The second kappa shape index (κ2) is 6.37. The molecule has 4 heteroatoms. The van der Waals surface area contributed by atoms with E-state index in [9.17, 15) is 0 Å². The molecule has 0 fully saturated rings. The van der Waals surface area contributed by atoms with Crippen LogP contribution in [0.1, 0.15) is 24.3 Å². The zero-order chi connectivity index (χ0) is 13.8. The Morgan fingerprint density at radius 1 is 1.26 bits per heavy atom. The van der Waals surface area contributed by atoms with Crippen LogP contribution in [0.3, 0.4) is 0 Å². The van der Waals surface area contributed by atoms with Gasteiger partial charge in [0.15, 0.2) is 0 Å². The lowest BCUT2D eigenvalue weighted by atomic mass is 10.1. The highest BCUT2D eigenvalue weighted by atomic mass is 32.1. The number of rotatable bonds is 6. The molecule has 0 spiro atoms. The van der Waals surface area contributed by atoms with E-state index in [1.54, 1.807) is 14.2 Å². The minimum absolute atomic E-state index is 0.482. The second-order valence-corrected chi connectivity index (χ2v) is 5.97. The van der Waals surface area contributed by atoms with E-state index < -0.39 is 0 Å². The highest BCUT2D eigenvalue weighted by Gasteiger charge is 2.13. The van der Waals surface area contributed by atoms with Crippen molar-refractivity contribution >= 4 is 21.4 Å². The molecule has 1 aromatic carbocycles. The van der Waals surface area contributed by atoms with Crippen molar-refractivity contribution in [2.24, 2.45) is 0 Å². The molecule has 0 atom stereocenters. The van der Waals surface area contributed by atoms with Gasteiger partial charge in [0.1, 0.15) is 5.75 Å². The van der Waals surface area contributed by atoms with Crippen LogP contribution in [0, 0.1) is 0 Å². The van der Waals surface area contributed by atoms with Crippen molar-refractivity contribution < 1.29 is 9.47 Å². The van der Waals surface area contributed by atoms with Gasteiger partial charge in [-0.25, -0.2) is 0 Å². The first-order valence-electron chi connectivity index (χ1n) is 6.46. The van der Waals surface area contributed by atoms with Crippen LogP contribution in [-0.2, 0) is 17.9 Å². The van der Waals surface area contributed by atoms with Crippen LogP contribution in [0.15, 0.2) is 18.2 Å². The first kappa shape index (κ1) is 14.3. The van der Waals surface area contributed by atoms with Crippen LogP contribution in [0.2, 0.25) is 0 Å². The number of ether oxygens (including phenoxy) is 2. The third-order valence-corrected chi connectivity index (χ3v) is 4.25. The fourth-order valence-corrected chi connectivity index (χ4v) is 3.19. The summed E-state index contributed by atoms with van der Waals surface area (Å²) in [4.78, 5) is 1.35. The molecule has 0 unspecified atom stereocenters. The summed E-state index contributed by atoms with van der Waals surface area (Å²) in [6.07, 6.45) is 0. The number of thiophene rings is 1. The predicted molar refractivity (Wildman–Crippen MR) is 81.1 cm³/mol. The van der Waals surface area contributed by atoms with Gasteiger partial charge in [0.25, 0.3) is 0 Å². The van der Waals surface area contributed by atoms with Crippen molar-refractivity contribution in [3.8, 4) is 5.75 Å². The van der Waals surface area contributed by atoms with E-state index >= 15 is 0 Å². The van der Waals surface area contributed by atoms with Gasteiger partial charge >= 0.3 is 0 Å². The number of nitrogens with one attached hydrogen (secondary N) is 1. The van der Waals surface area contributed by atoms with Gasteiger partial charge in [0.2, 0.25) is 0 Å². The van der Waals surface area contributed by atoms with Crippen LogP contribution >= 0.6 is 11.3 Å². The van der Waals surface area contributed by atoms with Crippen LogP contribution < -0.4 is 10.1 Å². The van der Waals surface area contributed by atoms with Crippen molar-refractivity contribution in [2.75, 3.05) is 14.2 Å². The topological polar surface area (TPSA) is 30.5 Å². The quantitative estimate of drug-likeness (QED) is 0.877. The van der Waals surface area contributed by atoms with Gasteiger partial charge in [0.05, 0.1) is 13.7 Å². The maximum Gasteiger partial charge on any atom is 0.119 e. The van der Waals surface area contributed by atoms with Gasteiger partial charge in [-0.3, -0.25) is 0 Å². The van der Waals surface area contributed by atoms with Crippen molar-refractivity contribution in [3.05, 3.63) is 28.6 Å². The van der Waals surface area contributed by atoms with E-state index in [-0.39, 0.29) is 0 Å². The normalized spacial score (nSPS) is 11.4. The first-order valence-corrected chi connectivity index (χ1v) is 7.28. The number of methoxy groups -OCH3 is 2.